The number of aliphatic hydroxyl groups is 2. The third-order valence-corrected chi connectivity index (χ3v) is 11.5. The van der Waals surface area contributed by atoms with E-state index < -0.39 is 5.97 Å². The van der Waals surface area contributed by atoms with Crippen molar-refractivity contribution in [3.8, 4) is 0 Å². The van der Waals surface area contributed by atoms with Gasteiger partial charge in [0, 0.05) is 5.92 Å². The number of aliphatic hydroxyl groups excluding tert-OH is 2. The summed E-state index contributed by atoms with van der Waals surface area (Å²) in [5.74, 6) is 1.50. The van der Waals surface area contributed by atoms with Gasteiger partial charge in [0.2, 0.25) is 5.91 Å². The summed E-state index contributed by atoms with van der Waals surface area (Å²) in [6.45, 7) is 11.0. The summed E-state index contributed by atoms with van der Waals surface area (Å²) in [6, 6.07) is 0. The Labute approximate surface area is 205 Å². The molecule has 4 fully saturated rings. The summed E-state index contributed by atoms with van der Waals surface area (Å²) < 4.78 is 0. The molecular weight excluding hydrogens is 430 g/mol. The highest BCUT2D eigenvalue weighted by Crippen LogP contribution is 2.69. The Morgan fingerprint density at radius 3 is 2.29 bits per heavy atom. The molecule has 4 saturated carbocycles. The first-order valence-electron chi connectivity index (χ1n) is 13.8. The minimum absolute atomic E-state index is 0.173. The van der Waals surface area contributed by atoms with Crippen molar-refractivity contribution in [1.82, 2.24) is 5.32 Å². The fourth-order valence-electron chi connectivity index (χ4n) is 9.79. The fourth-order valence-corrected chi connectivity index (χ4v) is 9.79. The zero-order valence-corrected chi connectivity index (χ0v) is 21.8. The van der Waals surface area contributed by atoms with E-state index in [-0.39, 0.29) is 47.3 Å². The van der Waals surface area contributed by atoms with Crippen LogP contribution in [0.5, 0.6) is 0 Å². The van der Waals surface area contributed by atoms with E-state index in [1.165, 1.54) is 6.42 Å². The molecule has 0 aromatic heterocycles. The summed E-state index contributed by atoms with van der Waals surface area (Å²) in [5, 5.41) is 33.4. The van der Waals surface area contributed by atoms with Crippen LogP contribution in [-0.2, 0) is 9.59 Å². The van der Waals surface area contributed by atoms with E-state index in [0.29, 0.717) is 35.5 Å². The lowest BCUT2D eigenvalue weighted by molar-refractivity contribution is -0.199. The van der Waals surface area contributed by atoms with E-state index in [9.17, 15) is 19.8 Å². The first-order valence-corrected chi connectivity index (χ1v) is 13.8. The molecule has 0 aromatic rings. The third kappa shape index (κ3) is 4.21. The van der Waals surface area contributed by atoms with Crippen LogP contribution in [0.3, 0.4) is 0 Å². The number of fused-ring (bicyclic) bond motifs is 5. The van der Waals surface area contributed by atoms with Gasteiger partial charge in [-0.15, -0.1) is 0 Å². The molecule has 6 nitrogen and oxygen atoms in total. The highest BCUT2D eigenvalue weighted by Gasteiger charge is 2.64. The zero-order chi connectivity index (χ0) is 25.0. The molecule has 34 heavy (non-hydrogen) atoms. The molecular formula is C28H47NO5. The van der Waals surface area contributed by atoms with E-state index in [4.69, 9.17) is 5.11 Å². The number of carbonyl (C=O) groups excluding carboxylic acids is 1. The Balaban J connectivity index is 1.49. The minimum atomic E-state index is -1.01. The number of carbonyl (C=O) groups is 2. The molecule has 0 heterocycles. The molecule has 4 rings (SSSR count). The van der Waals surface area contributed by atoms with Crippen LogP contribution in [0.15, 0.2) is 0 Å². The van der Waals surface area contributed by atoms with Crippen LogP contribution in [0.4, 0.5) is 0 Å². The Morgan fingerprint density at radius 1 is 0.971 bits per heavy atom. The van der Waals surface area contributed by atoms with Gasteiger partial charge in [-0.2, -0.15) is 0 Å². The van der Waals surface area contributed by atoms with Crippen molar-refractivity contribution >= 4 is 11.9 Å². The predicted molar refractivity (Wildman–Crippen MR) is 131 cm³/mol. The molecule has 0 bridgehead atoms. The van der Waals surface area contributed by atoms with Crippen molar-refractivity contribution in [1.29, 1.82) is 0 Å². The van der Waals surface area contributed by atoms with Crippen LogP contribution in [0, 0.1) is 58.2 Å². The highest BCUT2D eigenvalue weighted by molar-refractivity contribution is 5.82. The maximum absolute atomic E-state index is 12.4. The molecule has 1 amide bonds. The van der Waals surface area contributed by atoms with E-state index in [0.717, 1.165) is 44.9 Å². The number of rotatable bonds is 6. The number of carboxylic acid groups (broad SMARTS) is 1. The van der Waals surface area contributed by atoms with Gasteiger partial charge >= 0.3 is 5.97 Å². The van der Waals surface area contributed by atoms with E-state index in [1.54, 1.807) is 0 Å². The van der Waals surface area contributed by atoms with Crippen LogP contribution in [-0.4, -0.2) is 45.9 Å². The average Bonchev–Trinajstić information content (AvgIpc) is 3.13. The molecule has 4 aliphatic rings. The highest BCUT2D eigenvalue weighted by atomic mass is 16.4. The molecule has 12 atom stereocenters. The van der Waals surface area contributed by atoms with Crippen LogP contribution in [0.2, 0.25) is 0 Å². The van der Waals surface area contributed by atoms with Gasteiger partial charge in [-0.25, -0.2) is 0 Å². The molecule has 0 aliphatic heterocycles. The standard InChI is InChI=1S/C28H47NO5/c1-15(12-16(2)26(34)29-14-23(31)32)19-6-7-20-24-21(9-11-27(19,20)4)28(5)10-8-18(30)13-22(28)17(3)25(24)33/h15-22,24-25,30,33H,6-14H2,1-5H3,(H,29,34)(H,31,32)/t15-,16?,17-,18-,19-,20?,21?,22?,24?,25-,27-,28-/m1/s1. The Bertz CT molecular complexity index is 787. The summed E-state index contributed by atoms with van der Waals surface area (Å²) in [6.07, 6.45) is 7.68. The Hall–Kier alpha value is -1.14. The molecule has 0 saturated heterocycles. The van der Waals surface area contributed by atoms with Gasteiger partial charge in [-0.05, 0) is 104 Å². The lowest BCUT2D eigenvalue weighted by atomic mass is 9.42. The molecule has 194 valence electrons. The van der Waals surface area contributed by atoms with Crippen LogP contribution >= 0.6 is 0 Å². The topological polar surface area (TPSA) is 107 Å². The average molecular weight is 478 g/mol. The van der Waals surface area contributed by atoms with Crippen LogP contribution < -0.4 is 5.32 Å². The number of amides is 1. The van der Waals surface area contributed by atoms with Gasteiger partial charge in [0.15, 0.2) is 0 Å². The van der Waals surface area contributed by atoms with Crippen molar-refractivity contribution in [3.63, 3.8) is 0 Å². The monoisotopic (exact) mass is 477 g/mol. The van der Waals surface area contributed by atoms with Gasteiger partial charge in [0.25, 0.3) is 0 Å². The van der Waals surface area contributed by atoms with Crippen molar-refractivity contribution < 1.29 is 24.9 Å². The Kier molecular flexibility index (Phi) is 7.16. The molecule has 0 spiro atoms. The number of carboxylic acids is 1. The number of hydrogen-bond donors (Lipinski definition) is 4. The van der Waals surface area contributed by atoms with E-state index in [1.807, 2.05) is 6.92 Å². The minimum Gasteiger partial charge on any atom is -0.480 e. The van der Waals surface area contributed by atoms with Gasteiger partial charge in [-0.1, -0.05) is 34.6 Å². The van der Waals surface area contributed by atoms with Crippen LogP contribution in [0.1, 0.15) is 86.0 Å². The number of hydrogen-bond acceptors (Lipinski definition) is 4. The van der Waals surface area contributed by atoms with E-state index in [2.05, 4.69) is 33.0 Å². The van der Waals surface area contributed by atoms with Crippen LogP contribution in [0.25, 0.3) is 0 Å². The smallest absolute Gasteiger partial charge is 0.322 e. The first-order chi connectivity index (χ1) is 15.9. The first kappa shape index (κ1) is 25.9. The van der Waals surface area contributed by atoms with Crippen molar-refractivity contribution in [3.05, 3.63) is 0 Å². The Morgan fingerprint density at radius 2 is 1.62 bits per heavy atom. The lowest BCUT2D eigenvalue weighted by Gasteiger charge is -2.64. The van der Waals surface area contributed by atoms with Gasteiger partial charge < -0.3 is 20.6 Å². The summed E-state index contributed by atoms with van der Waals surface area (Å²) >= 11 is 0. The second kappa shape index (κ2) is 9.38. The number of nitrogens with one attached hydrogen (secondary N) is 1. The zero-order valence-electron chi connectivity index (χ0n) is 21.8. The second-order valence-corrected chi connectivity index (χ2v) is 13.1. The van der Waals surface area contributed by atoms with Gasteiger partial charge in [0.1, 0.15) is 6.54 Å². The predicted octanol–water partition coefficient (Wildman–Crippen LogP) is 4.09. The summed E-state index contributed by atoms with van der Waals surface area (Å²) in [5.41, 5.74) is 0.389. The molecule has 0 aromatic carbocycles. The molecule has 4 N–H and O–H groups in total. The maximum atomic E-state index is 12.4. The molecule has 0 radical (unpaired) electrons. The lowest BCUT2D eigenvalue weighted by Crippen LogP contribution is -2.61. The largest absolute Gasteiger partial charge is 0.480 e. The van der Waals surface area contributed by atoms with Crippen molar-refractivity contribution in [2.45, 2.75) is 98.2 Å². The van der Waals surface area contributed by atoms with Gasteiger partial charge in [0.05, 0.1) is 12.2 Å². The summed E-state index contributed by atoms with van der Waals surface area (Å²) in [7, 11) is 0. The second-order valence-electron chi connectivity index (χ2n) is 13.1. The van der Waals surface area contributed by atoms with Crippen molar-refractivity contribution in [2.24, 2.45) is 58.2 Å². The maximum Gasteiger partial charge on any atom is 0.322 e. The normalized spacial score (nSPS) is 47.6. The molecule has 6 heteroatoms. The SMILES string of the molecule is CC(C[C@@H](C)[C@H]1CCC2C3C(CC[C@@]21C)[C@@]1(C)CC[C@@H](O)CC1[C@@H](C)[C@H]3O)C(=O)NCC(=O)O. The molecule has 4 aliphatic carbocycles. The quantitative estimate of drug-likeness (QED) is 0.461. The van der Waals surface area contributed by atoms with E-state index >= 15 is 0 Å². The third-order valence-electron chi connectivity index (χ3n) is 11.5. The van der Waals surface area contributed by atoms with Crippen molar-refractivity contribution in [2.75, 3.05) is 6.54 Å². The molecule has 5 unspecified atom stereocenters. The van der Waals surface area contributed by atoms with Gasteiger partial charge in [-0.3, -0.25) is 9.59 Å². The summed E-state index contributed by atoms with van der Waals surface area (Å²) in [4.78, 5) is 23.2. The number of aliphatic carboxylic acids is 1. The fraction of sp³-hybridized carbons (Fsp3) is 0.929.